The van der Waals surface area contributed by atoms with Crippen molar-refractivity contribution in [1.29, 1.82) is 0 Å². The third-order valence-electron chi connectivity index (χ3n) is 8.82. The molecule has 0 bridgehead atoms. The van der Waals surface area contributed by atoms with Crippen LogP contribution >= 0.6 is 22.9 Å². The van der Waals surface area contributed by atoms with Crippen LogP contribution in [0.15, 0.2) is 28.8 Å². The number of halogens is 1. The number of thiophene rings is 1. The minimum absolute atomic E-state index is 0.0551. The summed E-state index contributed by atoms with van der Waals surface area (Å²) >= 11 is 7.48. The Kier molecular flexibility index (Phi) is 8.88. The number of carbonyl (C=O) groups is 3. The van der Waals surface area contributed by atoms with Crippen LogP contribution in [0.25, 0.3) is 10.6 Å². The van der Waals surface area contributed by atoms with Gasteiger partial charge in [0.25, 0.3) is 11.8 Å². The minimum atomic E-state index is -0.255. The highest BCUT2D eigenvalue weighted by Crippen LogP contribution is 2.31. The van der Waals surface area contributed by atoms with Crippen molar-refractivity contribution in [2.75, 3.05) is 32.7 Å². The van der Waals surface area contributed by atoms with E-state index in [-0.39, 0.29) is 42.0 Å². The zero-order chi connectivity index (χ0) is 30.1. The maximum absolute atomic E-state index is 13.6. The Morgan fingerprint density at radius 1 is 1.09 bits per heavy atom. The van der Waals surface area contributed by atoms with Crippen LogP contribution in [0.4, 0.5) is 0 Å². The predicted octanol–water partition coefficient (Wildman–Crippen LogP) is 4.13. The van der Waals surface area contributed by atoms with Crippen LogP contribution in [0.1, 0.15) is 79.0 Å². The zero-order valence-electron chi connectivity index (χ0n) is 24.6. The van der Waals surface area contributed by atoms with Gasteiger partial charge in [0.1, 0.15) is 11.4 Å². The molecule has 0 radical (unpaired) electrons. The van der Waals surface area contributed by atoms with E-state index in [0.717, 1.165) is 56.6 Å². The maximum Gasteiger partial charge on any atom is 0.274 e. The van der Waals surface area contributed by atoms with Crippen molar-refractivity contribution in [2.24, 2.45) is 0 Å². The SMILES string of the molecule is CC(C)N1CCC(NC(=O)c2cc(C(=O)N3CCC(N4CCCC4=O)CC3)nn2Cc2cc(-c3ccc(Cl)s3)on2)CC1. The number of piperidine rings is 2. The lowest BCUT2D eigenvalue weighted by atomic mass is 10.0. The van der Waals surface area contributed by atoms with Gasteiger partial charge in [-0.3, -0.25) is 19.1 Å². The van der Waals surface area contributed by atoms with Gasteiger partial charge in [0.15, 0.2) is 11.5 Å². The van der Waals surface area contributed by atoms with Crippen LogP contribution in [0.3, 0.4) is 0 Å². The number of likely N-dealkylation sites (tertiary alicyclic amines) is 3. The Morgan fingerprint density at radius 2 is 1.86 bits per heavy atom. The molecule has 3 aromatic rings. The third-order valence-corrected chi connectivity index (χ3v) is 10.1. The quantitative estimate of drug-likeness (QED) is 0.399. The van der Waals surface area contributed by atoms with Crippen LogP contribution in [-0.2, 0) is 11.3 Å². The van der Waals surface area contributed by atoms with Crippen molar-refractivity contribution < 1.29 is 18.9 Å². The fourth-order valence-corrected chi connectivity index (χ4v) is 7.34. The second kappa shape index (κ2) is 12.8. The van der Waals surface area contributed by atoms with Gasteiger partial charge >= 0.3 is 0 Å². The van der Waals surface area contributed by atoms with Crippen molar-refractivity contribution in [3.63, 3.8) is 0 Å². The number of carbonyl (C=O) groups excluding carboxylic acids is 3. The number of nitrogens with one attached hydrogen (secondary N) is 1. The van der Waals surface area contributed by atoms with Crippen molar-refractivity contribution >= 4 is 40.7 Å². The van der Waals surface area contributed by atoms with E-state index in [1.807, 2.05) is 11.0 Å². The summed E-state index contributed by atoms with van der Waals surface area (Å²) in [7, 11) is 0. The Balaban J connectivity index is 1.18. The van der Waals surface area contributed by atoms with E-state index in [1.54, 1.807) is 27.8 Å². The second-order valence-electron chi connectivity index (χ2n) is 12.0. The third kappa shape index (κ3) is 6.66. The molecule has 0 atom stereocenters. The van der Waals surface area contributed by atoms with E-state index in [4.69, 9.17) is 16.1 Å². The summed E-state index contributed by atoms with van der Waals surface area (Å²) in [6.45, 7) is 8.31. The molecule has 13 heteroatoms. The van der Waals surface area contributed by atoms with Gasteiger partial charge in [-0.05, 0) is 58.1 Å². The molecule has 3 fully saturated rings. The smallest absolute Gasteiger partial charge is 0.274 e. The van der Waals surface area contributed by atoms with Gasteiger partial charge < -0.3 is 24.5 Å². The average Bonchev–Trinajstić information content (AvgIpc) is 3.81. The Labute approximate surface area is 260 Å². The number of hydrogen-bond donors (Lipinski definition) is 1. The normalized spacial score (nSPS) is 19.1. The lowest BCUT2D eigenvalue weighted by Crippen LogP contribution is -2.47. The first kappa shape index (κ1) is 29.8. The summed E-state index contributed by atoms with van der Waals surface area (Å²) in [5, 5.41) is 12.0. The number of rotatable bonds is 8. The lowest BCUT2D eigenvalue weighted by molar-refractivity contribution is -0.130. The molecule has 3 saturated heterocycles. The summed E-state index contributed by atoms with van der Waals surface area (Å²) in [4.78, 5) is 46.4. The van der Waals surface area contributed by atoms with Gasteiger partial charge in [0, 0.05) is 69.4 Å². The highest BCUT2D eigenvalue weighted by atomic mass is 35.5. The number of aromatic nitrogens is 3. The van der Waals surface area contributed by atoms with Crippen molar-refractivity contribution in [2.45, 2.75) is 77.0 Å². The molecule has 3 aliphatic heterocycles. The largest absolute Gasteiger partial charge is 0.355 e. The molecule has 1 N–H and O–H groups in total. The molecule has 11 nitrogen and oxygen atoms in total. The lowest BCUT2D eigenvalue weighted by Gasteiger charge is -2.36. The van der Waals surface area contributed by atoms with E-state index < -0.39 is 0 Å². The van der Waals surface area contributed by atoms with E-state index in [2.05, 4.69) is 34.3 Å². The molecule has 0 saturated carbocycles. The number of hydrogen-bond acceptors (Lipinski definition) is 8. The number of amides is 3. The summed E-state index contributed by atoms with van der Waals surface area (Å²) in [6.07, 6.45) is 4.75. The van der Waals surface area contributed by atoms with E-state index >= 15 is 0 Å². The fraction of sp³-hybridized carbons (Fsp3) is 0.567. The molecule has 43 heavy (non-hydrogen) atoms. The molecule has 6 heterocycles. The van der Waals surface area contributed by atoms with Gasteiger partial charge in [-0.15, -0.1) is 11.3 Å². The van der Waals surface area contributed by atoms with Gasteiger partial charge in [-0.25, -0.2) is 0 Å². The molecule has 3 aliphatic rings. The number of nitrogens with zero attached hydrogens (tertiary/aromatic N) is 6. The van der Waals surface area contributed by atoms with Crippen LogP contribution < -0.4 is 5.32 Å². The van der Waals surface area contributed by atoms with Gasteiger partial charge in [-0.1, -0.05) is 16.8 Å². The molecule has 0 aromatic carbocycles. The first-order valence-electron chi connectivity index (χ1n) is 15.2. The average molecular weight is 628 g/mol. The monoisotopic (exact) mass is 627 g/mol. The molecule has 0 unspecified atom stereocenters. The Hall–Kier alpha value is -3.22. The minimum Gasteiger partial charge on any atom is -0.355 e. The van der Waals surface area contributed by atoms with E-state index in [0.29, 0.717) is 47.0 Å². The predicted molar refractivity (Wildman–Crippen MR) is 163 cm³/mol. The second-order valence-corrected chi connectivity index (χ2v) is 13.7. The van der Waals surface area contributed by atoms with Crippen LogP contribution in [0.2, 0.25) is 4.34 Å². The Bertz CT molecular complexity index is 1470. The van der Waals surface area contributed by atoms with Gasteiger partial charge in [0.2, 0.25) is 5.91 Å². The molecule has 0 spiro atoms. The molecule has 3 amide bonds. The zero-order valence-corrected chi connectivity index (χ0v) is 26.2. The first-order valence-corrected chi connectivity index (χ1v) is 16.4. The van der Waals surface area contributed by atoms with Crippen LogP contribution in [0.5, 0.6) is 0 Å². The van der Waals surface area contributed by atoms with Gasteiger partial charge in [-0.2, -0.15) is 5.10 Å². The summed E-state index contributed by atoms with van der Waals surface area (Å²) < 4.78 is 7.75. The van der Waals surface area contributed by atoms with Crippen molar-refractivity contribution in [1.82, 2.24) is 35.0 Å². The first-order chi connectivity index (χ1) is 20.7. The fourth-order valence-electron chi connectivity index (χ4n) is 6.34. The maximum atomic E-state index is 13.6. The molecule has 230 valence electrons. The van der Waals surface area contributed by atoms with Crippen LogP contribution in [0, 0.1) is 0 Å². The van der Waals surface area contributed by atoms with Crippen molar-refractivity contribution in [3.8, 4) is 10.6 Å². The topological polar surface area (TPSA) is 117 Å². The summed E-state index contributed by atoms with van der Waals surface area (Å²) in [5.74, 6) is 0.331. The molecule has 6 rings (SSSR count). The highest BCUT2D eigenvalue weighted by Gasteiger charge is 2.33. The molecular weight excluding hydrogens is 590 g/mol. The molecule has 0 aliphatic carbocycles. The van der Waals surface area contributed by atoms with E-state index in [9.17, 15) is 14.4 Å². The summed E-state index contributed by atoms with van der Waals surface area (Å²) in [6, 6.07) is 7.78. The highest BCUT2D eigenvalue weighted by molar-refractivity contribution is 7.19. The van der Waals surface area contributed by atoms with Gasteiger partial charge in [0.05, 0.1) is 15.8 Å². The Morgan fingerprint density at radius 3 is 2.51 bits per heavy atom. The standard InChI is InChI=1S/C30H38ClN7O4S/c1-19(2)35-12-7-20(8-13-35)32-29(40)24-17-23(30(41)36-14-9-22(10-15-36)37-11-3-4-28(37)39)33-38(24)18-21-16-25(42-34-21)26-5-6-27(31)43-26/h5-6,16-17,19-20,22H,3-4,7-15,18H2,1-2H3,(H,32,40). The molecule has 3 aromatic heterocycles. The van der Waals surface area contributed by atoms with Crippen molar-refractivity contribution in [3.05, 3.63) is 45.7 Å². The summed E-state index contributed by atoms with van der Waals surface area (Å²) in [5.41, 5.74) is 1.12. The van der Waals surface area contributed by atoms with E-state index in [1.165, 1.54) is 11.3 Å². The molecular formula is C30H38ClN7O4S. The van der Waals surface area contributed by atoms with Crippen LogP contribution in [-0.4, -0.2) is 98.2 Å².